The summed E-state index contributed by atoms with van der Waals surface area (Å²) in [5.74, 6) is 2.15. The number of aliphatic imine (C=N–C) groups is 1. The zero-order valence-corrected chi connectivity index (χ0v) is 13.2. The molecule has 0 fully saturated rings. The van der Waals surface area contributed by atoms with Crippen LogP contribution >= 0.6 is 0 Å². The van der Waals surface area contributed by atoms with Gasteiger partial charge in [-0.2, -0.15) is 0 Å². The van der Waals surface area contributed by atoms with Gasteiger partial charge in [0.15, 0.2) is 0 Å². The van der Waals surface area contributed by atoms with Crippen LogP contribution in [-0.2, 0) is 0 Å². The van der Waals surface area contributed by atoms with Gasteiger partial charge in [-0.05, 0) is 38.3 Å². The first-order valence-electron chi connectivity index (χ1n) is 7.58. The monoisotopic (exact) mass is 292 g/mol. The molecule has 3 nitrogen and oxygen atoms in total. The highest BCUT2D eigenvalue weighted by atomic mass is 16.5. The molecule has 0 radical (unpaired) electrons. The van der Waals surface area contributed by atoms with Crippen molar-refractivity contribution in [3.63, 3.8) is 0 Å². The molecule has 1 atom stereocenters. The summed E-state index contributed by atoms with van der Waals surface area (Å²) in [4.78, 5) is 8.89. The predicted molar refractivity (Wildman–Crippen MR) is 90.5 cm³/mol. The molecule has 0 N–H and O–H groups in total. The third kappa shape index (κ3) is 3.42. The Morgan fingerprint density at radius 3 is 2.50 bits per heavy atom. The second kappa shape index (κ2) is 6.14. The zero-order chi connectivity index (χ0) is 15.5. The number of allylic oxidation sites excluding steroid dienone is 1. The summed E-state index contributed by atoms with van der Waals surface area (Å²) in [5, 5.41) is 0. The van der Waals surface area contributed by atoms with E-state index in [2.05, 4.69) is 29.0 Å². The fourth-order valence-corrected chi connectivity index (χ4v) is 2.52. The fourth-order valence-electron chi connectivity index (χ4n) is 2.52. The summed E-state index contributed by atoms with van der Waals surface area (Å²) in [6.07, 6.45) is 5.23. The number of aromatic nitrogens is 1. The van der Waals surface area contributed by atoms with Gasteiger partial charge < -0.3 is 4.74 Å². The number of benzene rings is 1. The van der Waals surface area contributed by atoms with Crippen molar-refractivity contribution >= 4 is 11.9 Å². The zero-order valence-electron chi connectivity index (χ0n) is 13.2. The van der Waals surface area contributed by atoms with Gasteiger partial charge in [-0.25, -0.2) is 0 Å². The molecular weight excluding hydrogens is 272 g/mol. The van der Waals surface area contributed by atoms with Gasteiger partial charge in [0.2, 0.25) is 0 Å². The first kappa shape index (κ1) is 14.5. The molecule has 0 bridgehead atoms. The summed E-state index contributed by atoms with van der Waals surface area (Å²) in [6, 6.07) is 11.9. The lowest BCUT2D eigenvalue weighted by Gasteiger charge is -2.12. The van der Waals surface area contributed by atoms with E-state index in [0.29, 0.717) is 5.92 Å². The average Bonchev–Trinajstić information content (AvgIpc) is 2.47. The quantitative estimate of drug-likeness (QED) is 0.802. The van der Waals surface area contributed by atoms with E-state index in [4.69, 9.17) is 4.74 Å². The molecule has 2 aromatic rings. The molecule has 3 rings (SSSR count). The Hall–Kier alpha value is -2.42. The Bertz CT molecular complexity index is 727. The molecule has 1 aliphatic heterocycles. The molecule has 1 unspecified atom stereocenters. The molecule has 0 saturated heterocycles. The Labute approximate surface area is 131 Å². The van der Waals surface area contributed by atoms with Crippen molar-refractivity contribution in [3.8, 4) is 11.5 Å². The van der Waals surface area contributed by atoms with E-state index in [9.17, 15) is 0 Å². The molecule has 3 heteroatoms. The number of aryl methyl sites for hydroxylation is 2. The highest BCUT2D eigenvalue weighted by Gasteiger charge is 2.08. The topological polar surface area (TPSA) is 34.5 Å². The number of pyridine rings is 1. The number of rotatable bonds is 3. The van der Waals surface area contributed by atoms with Gasteiger partial charge in [0.25, 0.3) is 0 Å². The van der Waals surface area contributed by atoms with Crippen molar-refractivity contribution < 1.29 is 4.74 Å². The molecule has 1 aromatic carbocycles. The van der Waals surface area contributed by atoms with Gasteiger partial charge in [-0.3, -0.25) is 9.98 Å². The van der Waals surface area contributed by atoms with Crippen LogP contribution in [-0.4, -0.2) is 11.2 Å². The summed E-state index contributed by atoms with van der Waals surface area (Å²) in [6.45, 7) is 6.11. The van der Waals surface area contributed by atoms with Crippen molar-refractivity contribution in [2.75, 3.05) is 0 Å². The van der Waals surface area contributed by atoms with Gasteiger partial charge in [-0.15, -0.1) is 0 Å². The number of hydrogen-bond acceptors (Lipinski definition) is 3. The summed E-state index contributed by atoms with van der Waals surface area (Å²) < 4.78 is 5.97. The molecule has 22 heavy (non-hydrogen) atoms. The van der Waals surface area contributed by atoms with Crippen LogP contribution in [0.1, 0.15) is 30.3 Å². The summed E-state index contributed by atoms with van der Waals surface area (Å²) in [7, 11) is 0. The van der Waals surface area contributed by atoms with E-state index in [0.717, 1.165) is 40.6 Å². The van der Waals surface area contributed by atoms with Crippen LogP contribution in [0.2, 0.25) is 0 Å². The summed E-state index contributed by atoms with van der Waals surface area (Å²) >= 11 is 0. The Morgan fingerprint density at radius 1 is 1.05 bits per heavy atom. The van der Waals surface area contributed by atoms with Crippen molar-refractivity contribution in [3.05, 3.63) is 59.4 Å². The largest absolute Gasteiger partial charge is 0.457 e. The highest BCUT2D eigenvalue weighted by Crippen LogP contribution is 2.28. The normalized spacial score (nSPS) is 17.2. The third-order valence-corrected chi connectivity index (χ3v) is 3.57. The van der Waals surface area contributed by atoms with E-state index >= 15 is 0 Å². The van der Waals surface area contributed by atoms with Crippen LogP contribution in [0, 0.1) is 19.8 Å². The number of ether oxygens (including phenoxy) is 1. The van der Waals surface area contributed by atoms with Gasteiger partial charge in [0.05, 0.1) is 5.70 Å². The lowest BCUT2D eigenvalue weighted by atomic mass is 10.0. The number of hydrogen-bond donors (Lipinski definition) is 0. The fraction of sp³-hybridized carbons (Fsp3) is 0.263. The third-order valence-electron chi connectivity index (χ3n) is 3.57. The van der Waals surface area contributed by atoms with Crippen molar-refractivity contribution in [1.82, 2.24) is 4.98 Å². The lowest BCUT2D eigenvalue weighted by molar-refractivity contribution is 0.480. The Balaban J connectivity index is 1.84. The Kier molecular flexibility index (Phi) is 4.05. The first-order valence-corrected chi connectivity index (χ1v) is 7.58. The lowest BCUT2D eigenvalue weighted by Crippen LogP contribution is -2.00. The maximum Gasteiger partial charge on any atom is 0.131 e. The van der Waals surface area contributed by atoms with Crippen LogP contribution in [0.4, 0.5) is 0 Å². The second-order valence-electron chi connectivity index (χ2n) is 5.80. The van der Waals surface area contributed by atoms with Crippen LogP contribution in [0.5, 0.6) is 11.5 Å². The van der Waals surface area contributed by atoms with Gasteiger partial charge in [-0.1, -0.05) is 25.1 Å². The summed E-state index contributed by atoms with van der Waals surface area (Å²) in [5.41, 5.74) is 4.02. The van der Waals surface area contributed by atoms with Crippen molar-refractivity contribution in [2.24, 2.45) is 10.9 Å². The van der Waals surface area contributed by atoms with Gasteiger partial charge >= 0.3 is 0 Å². The van der Waals surface area contributed by atoms with Crippen LogP contribution in [0.25, 0.3) is 5.70 Å². The molecule has 2 heterocycles. The van der Waals surface area contributed by atoms with E-state index in [-0.39, 0.29) is 0 Å². The molecule has 1 aromatic heterocycles. The van der Waals surface area contributed by atoms with Crippen LogP contribution < -0.4 is 4.74 Å². The molecule has 0 amide bonds. The molecule has 1 aliphatic rings. The minimum Gasteiger partial charge on any atom is -0.457 e. The van der Waals surface area contributed by atoms with Crippen molar-refractivity contribution in [1.29, 1.82) is 0 Å². The maximum absolute atomic E-state index is 5.97. The minimum atomic E-state index is 0.519. The average molecular weight is 292 g/mol. The molecule has 0 spiro atoms. The highest BCUT2D eigenvalue weighted by molar-refractivity contribution is 5.78. The maximum atomic E-state index is 5.97. The molecule has 0 saturated carbocycles. The van der Waals surface area contributed by atoms with Crippen molar-refractivity contribution in [2.45, 2.75) is 27.2 Å². The first-order chi connectivity index (χ1) is 10.6. The molecule has 112 valence electrons. The van der Waals surface area contributed by atoms with E-state index in [1.165, 1.54) is 0 Å². The van der Waals surface area contributed by atoms with E-state index < -0.39 is 0 Å². The van der Waals surface area contributed by atoms with Crippen LogP contribution in [0.15, 0.2) is 47.5 Å². The Morgan fingerprint density at radius 2 is 1.82 bits per heavy atom. The molecular formula is C19H20N2O. The minimum absolute atomic E-state index is 0.519. The number of nitrogens with zero attached hydrogens (tertiary/aromatic N) is 2. The standard InChI is InChI=1S/C19H20N2O/c1-13-7-8-19(20-12-13)16-5-4-6-17(11-16)22-18-9-14(2)21-15(3)10-18/h4-6,8-13H,7H2,1-3H3. The smallest absolute Gasteiger partial charge is 0.131 e. The van der Waals surface area contributed by atoms with Gasteiger partial charge in [0.1, 0.15) is 11.5 Å². The molecule has 0 aliphatic carbocycles. The second-order valence-corrected chi connectivity index (χ2v) is 5.80. The van der Waals surface area contributed by atoms with E-state index in [1.807, 2.05) is 50.4 Å². The SMILES string of the molecule is Cc1cc(Oc2cccc(C3=CCC(C)C=N3)c2)cc(C)n1. The van der Waals surface area contributed by atoms with Crippen LogP contribution in [0.3, 0.4) is 0 Å². The van der Waals surface area contributed by atoms with E-state index in [1.54, 1.807) is 0 Å². The van der Waals surface area contributed by atoms with Gasteiger partial charge in [0, 0.05) is 35.3 Å². The predicted octanol–water partition coefficient (Wildman–Crippen LogP) is 4.94.